The van der Waals surface area contributed by atoms with Crippen molar-refractivity contribution in [3.05, 3.63) is 40.3 Å². The predicted molar refractivity (Wildman–Crippen MR) is 93.9 cm³/mol. The summed E-state index contributed by atoms with van der Waals surface area (Å²) in [4.78, 5) is 16.3. The van der Waals surface area contributed by atoms with Gasteiger partial charge in [-0.3, -0.25) is 4.68 Å². The minimum Gasteiger partial charge on any atom is -0.420 e. The van der Waals surface area contributed by atoms with Gasteiger partial charge in [0.25, 0.3) is 5.89 Å². The zero-order valence-electron chi connectivity index (χ0n) is 15.6. The van der Waals surface area contributed by atoms with E-state index in [0.29, 0.717) is 11.8 Å². The number of aryl methyl sites for hydroxylation is 2. The second kappa shape index (κ2) is 5.13. The number of Topliss-reactive ketones (excluding diaryl/α,β-unsaturated/α-hetero) is 1. The van der Waals surface area contributed by atoms with Crippen LogP contribution < -0.4 is 0 Å². The first-order chi connectivity index (χ1) is 12.2. The lowest BCUT2D eigenvalue weighted by Crippen LogP contribution is -2.50. The Balaban J connectivity index is 1.96. The minimum absolute atomic E-state index is 0.0675. The second-order valence-electron chi connectivity index (χ2n) is 7.99. The molecule has 2 aliphatic carbocycles. The SMILES string of the molecule is [C-]#[N+]C1=C[C@]2(C)c3nn(C)c(-c4nnc(C)o4)c3CC[C@H]2C(C)(C)C1=O. The number of rotatable bonds is 1. The van der Waals surface area contributed by atoms with E-state index in [4.69, 9.17) is 16.1 Å². The fourth-order valence-electron chi connectivity index (χ4n) is 4.85. The summed E-state index contributed by atoms with van der Waals surface area (Å²) in [7, 11) is 1.87. The highest BCUT2D eigenvalue weighted by molar-refractivity contribution is 6.02. The van der Waals surface area contributed by atoms with Crippen molar-refractivity contribution in [2.75, 3.05) is 0 Å². The van der Waals surface area contributed by atoms with Crippen LogP contribution in [0, 0.1) is 24.8 Å². The molecule has 2 aromatic heterocycles. The summed E-state index contributed by atoms with van der Waals surface area (Å²) in [6.07, 6.45) is 3.46. The van der Waals surface area contributed by atoms with Crippen molar-refractivity contribution in [1.82, 2.24) is 20.0 Å². The number of nitrogens with zero attached hydrogens (tertiary/aromatic N) is 5. The van der Waals surface area contributed by atoms with E-state index in [9.17, 15) is 4.79 Å². The van der Waals surface area contributed by atoms with Crippen molar-refractivity contribution in [2.45, 2.75) is 46.0 Å². The van der Waals surface area contributed by atoms with Gasteiger partial charge in [-0.15, -0.1) is 10.2 Å². The summed E-state index contributed by atoms with van der Waals surface area (Å²) in [6.45, 7) is 15.2. The molecule has 0 spiro atoms. The summed E-state index contributed by atoms with van der Waals surface area (Å²) in [5, 5.41) is 12.9. The Morgan fingerprint density at radius 3 is 2.69 bits per heavy atom. The molecular formula is C19H21N5O2. The van der Waals surface area contributed by atoms with E-state index in [2.05, 4.69) is 22.0 Å². The average Bonchev–Trinajstić information content (AvgIpc) is 3.14. The molecule has 2 atom stereocenters. The molecule has 0 amide bonds. The number of carbonyl (C=O) groups excluding carboxylic acids is 1. The van der Waals surface area contributed by atoms with Crippen LogP contribution in [0.15, 0.2) is 16.2 Å². The van der Waals surface area contributed by atoms with Crippen LogP contribution in [-0.2, 0) is 23.7 Å². The fraction of sp³-hybridized carbons (Fsp3) is 0.526. The van der Waals surface area contributed by atoms with E-state index in [1.54, 1.807) is 11.6 Å². The van der Waals surface area contributed by atoms with Crippen LogP contribution in [0.25, 0.3) is 16.4 Å². The number of hydrogen-bond acceptors (Lipinski definition) is 5. The molecule has 26 heavy (non-hydrogen) atoms. The van der Waals surface area contributed by atoms with Crippen LogP contribution in [0.5, 0.6) is 0 Å². The van der Waals surface area contributed by atoms with E-state index in [-0.39, 0.29) is 17.4 Å². The molecule has 0 saturated carbocycles. The van der Waals surface area contributed by atoms with Crippen LogP contribution >= 0.6 is 0 Å². The van der Waals surface area contributed by atoms with Gasteiger partial charge >= 0.3 is 0 Å². The Morgan fingerprint density at radius 2 is 2.08 bits per heavy atom. The molecule has 134 valence electrons. The quantitative estimate of drug-likeness (QED) is 0.738. The van der Waals surface area contributed by atoms with Crippen LogP contribution in [0.3, 0.4) is 0 Å². The normalized spacial score (nSPS) is 26.7. The largest absolute Gasteiger partial charge is 0.420 e. The molecule has 2 aliphatic rings. The number of ketones is 1. The molecule has 0 saturated heterocycles. The molecule has 7 nitrogen and oxygen atoms in total. The first-order valence-corrected chi connectivity index (χ1v) is 8.72. The van der Waals surface area contributed by atoms with E-state index in [1.807, 2.05) is 27.0 Å². The molecule has 0 bridgehead atoms. The highest BCUT2D eigenvalue weighted by Gasteiger charge is 2.55. The third-order valence-corrected chi connectivity index (χ3v) is 6.04. The Kier molecular flexibility index (Phi) is 3.30. The van der Waals surface area contributed by atoms with Crippen LogP contribution in [0.4, 0.5) is 0 Å². The van der Waals surface area contributed by atoms with Crippen LogP contribution in [0.1, 0.15) is 44.3 Å². The van der Waals surface area contributed by atoms with E-state index in [1.165, 1.54) is 0 Å². The third-order valence-electron chi connectivity index (χ3n) is 6.04. The van der Waals surface area contributed by atoms with Gasteiger partial charge in [-0.2, -0.15) is 5.10 Å². The maximum atomic E-state index is 12.7. The number of hydrogen-bond donors (Lipinski definition) is 0. The van der Waals surface area contributed by atoms with Crippen LogP contribution in [0.2, 0.25) is 0 Å². The van der Waals surface area contributed by atoms with Gasteiger partial charge in [0.1, 0.15) is 5.69 Å². The molecule has 0 aromatic carbocycles. The smallest absolute Gasteiger partial charge is 0.266 e. The second-order valence-corrected chi connectivity index (χ2v) is 7.99. The highest BCUT2D eigenvalue weighted by Crippen LogP contribution is 2.55. The number of aromatic nitrogens is 4. The maximum Gasteiger partial charge on any atom is 0.266 e. The molecule has 2 aromatic rings. The number of fused-ring (bicyclic) bond motifs is 3. The first-order valence-electron chi connectivity index (χ1n) is 8.72. The lowest BCUT2D eigenvalue weighted by atomic mass is 9.53. The Bertz CT molecular complexity index is 1000. The van der Waals surface area contributed by atoms with Gasteiger partial charge in [-0.25, -0.2) is 4.85 Å². The van der Waals surface area contributed by atoms with Crippen molar-refractivity contribution in [2.24, 2.45) is 18.4 Å². The summed E-state index contributed by atoms with van der Waals surface area (Å²) in [5.41, 5.74) is 1.94. The monoisotopic (exact) mass is 351 g/mol. The Hall–Kier alpha value is -2.75. The molecule has 4 rings (SSSR count). The third kappa shape index (κ3) is 1.99. The topological polar surface area (TPSA) is 78.2 Å². The summed E-state index contributed by atoms with van der Waals surface area (Å²) in [5.74, 6) is 0.991. The molecule has 0 aliphatic heterocycles. The summed E-state index contributed by atoms with van der Waals surface area (Å²) < 4.78 is 7.42. The summed E-state index contributed by atoms with van der Waals surface area (Å²) in [6, 6.07) is 0. The van der Waals surface area contributed by atoms with Gasteiger partial charge < -0.3 is 9.21 Å². The maximum absolute atomic E-state index is 12.7. The molecule has 0 N–H and O–H groups in total. The van der Waals surface area contributed by atoms with Crippen molar-refractivity contribution in [3.8, 4) is 11.6 Å². The van der Waals surface area contributed by atoms with Gasteiger partial charge in [-0.05, 0) is 18.8 Å². The lowest BCUT2D eigenvalue weighted by Gasteiger charge is -2.49. The van der Waals surface area contributed by atoms with Gasteiger partial charge in [0, 0.05) is 30.4 Å². The van der Waals surface area contributed by atoms with Gasteiger partial charge in [-0.1, -0.05) is 26.8 Å². The molecule has 0 unspecified atom stereocenters. The van der Waals surface area contributed by atoms with Crippen molar-refractivity contribution >= 4 is 5.78 Å². The first kappa shape index (κ1) is 16.7. The highest BCUT2D eigenvalue weighted by atomic mass is 16.4. The predicted octanol–water partition coefficient (Wildman–Crippen LogP) is 3.01. The fourth-order valence-corrected chi connectivity index (χ4v) is 4.85. The van der Waals surface area contributed by atoms with E-state index < -0.39 is 10.8 Å². The van der Waals surface area contributed by atoms with Gasteiger partial charge in [0.15, 0.2) is 5.78 Å². The molecular weight excluding hydrogens is 330 g/mol. The van der Waals surface area contributed by atoms with Gasteiger partial charge in [0.05, 0.1) is 12.3 Å². The van der Waals surface area contributed by atoms with Crippen molar-refractivity contribution in [1.29, 1.82) is 0 Å². The van der Waals surface area contributed by atoms with Crippen LogP contribution in [-0.4, -0.2) is 25.8 Å². The molecule has 7 heteroatoms. The standard InChI is InChI=1S/C19H21N5O2/c1-10-21-22-17(26-10)14-11-7-8-13-18(2,3)16(25)12(20-5)9-19(13,4)15(11)23-24(14)6/h9,13H,7-8H2,1-4,6H3/t13-,19-/m0/s1. The molecule has 0 radical (unpaired) electrons. The average molecular weight is 351 g/mol. The van der Waals surface area contributed by atoms with Crippen molar-refractivity contribution in [3.63, 3.8) is 0 Å². The number of allylic oxidation sites excluding steroid dienone is 2. The number of carbonyl (C=O) groups is 1. The van der Waals surface area contributed by atoms with E-state index >= 15 is 0 Å². The van der Waals surface area contributed by atoms with E-state index in [0.717, 1.165) is 29.8 Å². The summed E-state index contributed by atoms with van der Waals surface area (Å²) >= 11 is 0. The minimum atomic E-state index is -0.597. The zero-order chi connectivity index (χ0) is 18.9. The molecule has 2 heterocycles. The zero-order valence-corrected chi connectivity index (χ0v) is 15.6. The van der Waals surface area contributed by atoms with Gasteiger partial charge in [0.2, 0.25) is 11.6 Å². The lowest BCUT2D eigenvalue weighted by molar-refractivity contribution is -0.128. The Labute approximate surface area is 151 Å². The van der Waals surface area contributed by atoms with Crippen molar-refractivity contribution < 1.29 is 9.21 Å². The molecule has 0 fully saturated rings. The Morgan fingerprint density at radius 1 is 1.35 bits per heavy atom.